The SMILES string of the molecule is CC(C)(C)NCc1ccc(Sc2ncco2)c(Br)c1. The molecule has 1 aromatic carbocycles. The van der Waals surface area contributed by atoms with Gasteiger partial charge in [-0.05, 0) is 66.2 Å². The largest absolute Gasteiger partial charge is 0.440 e. The topological polar surface area (TPSA) is 38.1 Å². The van der Waals surface area contributed by atoms with E-state index in [-0.39, 0.29) is 5.54 Å². The number of benzene rings is 1. The standard InChI is InChI=1S/C14H17BrN2OS/c1-14(2,3)17-9-10-4-5-12(11(15)8-10)19-13-16-6-7-18-13/h4-8,17H,9H2,1-3H3. The number of nitrogens with zero attached hydrogens (tertiary/aromatic N) is 1. The lowest BCUT2D eigenvalue weighted by Crippen LogP contribution is -2.35. The van der Waals surface area contributed by atoms with Crippen LogP contribution in [0.25, 0.3) is 0 Å². The Bertz CT molecular complexity index is 535. The minimum atomic E-state index is 0.123. The van der Waals surface area contributed by atoms with Crippen molar-refractivity contribution >= 4 is 27.7 Å². The van der Waals surface area contributed by atoms with E-state index in [1.807, 2.05) is 0 Å². The molecule has 0 aliphatic rings. The summed E-state index contributed by atoms with van der Waals surface area (Å²) in [5.74, 6) is 0. The smallest absolute Gasteiger partial charge is 0.260 e. The molecule has 5 heteroatoms. The minimum absolute atomic E-state index is 0.123. The van der Waals surface area contributed by atoms with E-state index in [0.29, 0.717) is 5.22 Å². The van der Waals surface area contributed by atoms with E-state index < -0.39 is 0 Å². The number of hydrogen-bond donors (Lipinski definition) is 1. The van der Waals surface area contributed by atoms with Gasteiger partial charge in [-0.1, -0.05) is 6.07 Å². The molecule has 0 unspecified atom stereocenters. The molecule has 3 nitrogen and oxygen atoms in total. The van der Waals surface area contributed by atoms with Crippen LogP contribution in [0.4, 0.5) is 0 Å². The molecule has 0 spiro atoms. The molecule has 2 rings (SSSR count). The number of oxazole rings is 1. The monoisotopic (exact) mass is 340 g/mol. The molecule has 0 radical (unpaired) electrons. The Labute approximate surface area is 126 Å². The van der Waals surface area contributed by atoms with Crippen molar-refractivity contribution in [2.45, 2.75) is 43.0 Å². The van der Waals surface area contributed by atoms with Gasteiger partial charge in [-0.2, -0.15) is 0 Å². The van der Waals surface area contributed by atoms with Crippen molar-refractivity contribution in [3.8, 4) is 0 Å². The summed E-state index contributed by atoms with van der Waals surface area (Å²) in [5.41, 5.74) is 1.37. The van der Waals surface area contributed by atoms with E-state index in [4.69, 9.17) is 4.42 Å². The molecule has 102 valence electrons. The van der Waals surface area contributed by atoms with Crippen molar-refractivity contribution in [3.63, 3.8) is 0 Å². The number of aromatic nitrogens is 1. The van der Waals surface area contributed by atoms with E-state index in [1.54, 1.807) is 12.5 Å². The Morgan fingerprint density at radius 1 is 1.37 bits per heavy atom. The van der Waals surface area contributed by atoms with Gasteiger partial charge in [-0.25, -0.2) is 4.98 Å². The summed E-state index contributed by atoms with van der Waals surface area (Å²) in [6, 6.07) is 6.33. The fraction of sp³-hybridized carbons (Fsp3) is 0.357. The number of hydrogen-bond acceptors (Lipinski definition) is 4. The third kappa shape index (κ3) is 4.67. The Balaban J connectivity index is 2.05. The second-order valence-electron chi connectivity index (χ2n) is 5.27. The predicted octanol–water partition coefficient (Wildman–Crippen LogP) is 4.48. The Hall–Kier alpha value is -0.780. The van der Waals surface area contributed by atoms with Crippen LogP contribution in [0.2, 0.25) is 0 Å². The summed E-state index contributed by atoms with van der Waals surface area (Å²) >= 11 is 5.10. The quantitative estimate of drug-likeness (QED) is 0.890. The summed E-state index contributed by atoms with van der Waals surface area (Å²) in [7, 11) is 0. The fourth-order valence-electron chi connectivity index (χ4n) is 1.46. The minimum Gasteiger partial charge on any atom is -0.440 e. The van der Waals surface area contributed by atoms with Crippen molar-refractivity contribution in [1.29, 1.82) is 0 Å². The van der Waals surface area contributed by atoms with Gasteiger partial charge in [0.1, 0.15) is 6.26 Å². The Morgan fingerprint density at radius 2 is 2.16 bits per heavy atom. The van der Waals surface area contributed by atoms with E-state index >= 15 is 0 Å². The second kappa shape index (κ2) is 6.11. The maximum atomic E-state index is 5.23. The van der Waals surface area contributed by atoms with Gasteiger partial charge >= 0.3 is 0 Å². The van der Waals surface area contributed by atoms with Crippen molar-refractivity contribution in [1.82, 2.24) is 10.3 Å². The van der Waals surface area contributed by atoms with Crippen molar-refractivity contribution in [3.05, 3.63) is 40.7 Å². The average Bonchev–Trinajstić information content (AvgIpc) is 2.81. The third-order valence-electron chi connectivity index (χ3n) is 2.43. The van der Waals surface area contributed by atoms with Crippen LogP contribution in [0.1, 0.15) is 26.3 Å². The van der Waals surface area contributed by atoms with E-state index in [9.17, 15) is 0 Å². The molecule has 0 saturated carbocycles. The summed E-state index contributed by atoms with van der Waals surface area (Å²) < 4.78 is 6.29. The summed E-state index contributed by atoms with van der Waals surface area (Å²) in [5, 5.41) is 4.13. The van der Waals surface area contributed by atoms with Gasteiger partial charge in [0.2, 0.25) is 0 Å². The molecule has 0 atom stereocenters. The number of halogens is 1. The highest BCUT2D eigenvalue weighted by atomic mass is 79.9. The highest BCUT2D eigenvalue weighted by Crippen LogP contribution is 2.33. The zero-order valence-corrected chi connectivity index (χ0v) is 13.6. The van der Waals surface area contributed by atoms with Crippen LogP contribution >= 0.6 is 27.7 Å². The van der Waals surface area contributed by atoms with Crippen LogP contribution in [-0.2, 0) is 6.54 Å². The van der Waals surface area contributed by atoms with Gasteiger partial charge in [0.25, 0.3) is 5.22 Å². The average molecular weight is 341 g/mol. The van der Waals surface area contributed by atoms with Crippen molar-refractivity contribution < 1.29 is 4.42 Å². The molecule has 0 aliphatic heterocycles. The van der Waals surface area contributed by atoms with Crippen LogP contribution in [-0.4, -0.2) is 10.5 Å². The lowest BCUT2D eigenvalue weighted by atomic mass is 10.1. The van der Waals surface area contributed by atoms with Gasteiger partial charge in [0.15, 0.2) is 0 Å². The van der Waals surface area contributed by atoms with Crippen molar-refractivity contribution in [2.24, 2.45) is 0 Å². The Morgan fingerprint density at radius 3 is 2.74 bits per heavy atom. The lowest BCUT2D eigenvalue weighted by molar-refractivity contribution is 0.424. The summed E-state index contributed by atoms with van der Waals surface area (Å²) in [6.07, 6.45) is 3.23. The van der Waals surface area contributed by atoms with Crippen LogP contribution in [0.3, 0.4) is 0 Å². The zero-order chi connectivity index (χ0) is 13.9. The summed E-state index contributed by atoms with van der Waals surface area (Å²) in [4.78, 5) is 5.21. The molecule has 0 saturated heterocycles. The maximum absolute atomic E-state index is 5.23. The van der Waals surface area contributed by atoms with Gasteiger partial charge < -0.3 is 9.73 Å². The van der Waals surface area contributed by atoms with Crippen LogP contribution in [0, 0.1) is 0 Å². The van der Waals surface area contributed by atoms with E-state index in [2.05, 4.69) is 65.2 Å². The first-order chi connectivity index (χ1) is 8.94. The summed E-state index contributed by atoms with van der Waals surface area (Å²) in [6.45, 7) is 7.34. The Kier molecular flexibility index (Phi) is 4.71. The number of rotatable bonds is 4. The number of nitrogens with one attached hydrogen (secondary N) is 1. The van der Waals surface area contributed by atoms with E-state index in [1.165, 1.54) is 17.3 Å². The molecule has 1 aromatic heterocycles. The molecule has 0 amide bonds. The van der Waals surface area contributed by atoms with Gasteiger partial charge in [0.05, 0.1) is 6.20 Å². The lowest BCUT2D eigenvalue weighted by Gasteiger charge is -2.20. The highest BCUT2D eigenvalue weighted by molar-refractivity contribution is 9.10. The highest BCUT2D eigenvalue weighted by Gasteiger charge is 2.10. The first-order valence-corrected chi connectivity index (χ1v) is 7.66. The van der Waals surface area contributed by atoms with Gasteiger partial charge in [0, 0.05) is 21.5 Å². The molecular weight excluding hydrogens is 324 g/mol. The molecule has 19 heavy (non-hydrogen) atoms. The molecule has 2 aromatic rings. The van der Waals surface area contributed by atoms with Crippen molar-refractivity contribution in [2.75, 3.05) is 0 Å². The first-order valence-electron chi connectivity index (χ1n) is 6.05. The molecule has 0 aliphatic carbocycles. The van der Waals surface area contributed by atoms with Crippen LogP contribution in [0.15, 0.2) is 49.7 Å². The normalized spacial score (nSPS) is 11.8. The zero-order valence-electron chi connectivity index (χ0n) is 11.2. The maximum Gasteiger partial charge on any atom is 0.260 e. The van der Waals surface area contributed by atoms with E-state index in [0.717, 1.165) is 15.9 Å². The first kappa shape index (κ1) is 14.6. The molecule has 0 bridgehead atoms. The second-order valence-corrected chi connectivity index (χ2v) is 7.12. The molecule has 1 N–H and O–H groups in total. The van der Waals surface area contributed by atoms with Crippen LogP contribution in [0.5, 0.6) is 0 Å². The third-order valence-corrected chi connectivity index (χ3v) is 4.30. The van der Waals surface area contributed by atoms with Crippen LogP contribution < -0.4 is 5.32 Å². The predicted molar refractivity (Wildman–Crippen MR) is 81.4 cm³/mol. The van der Waals surface area contributed by atoms with Gasteiger partial charge in [-0.15, -0.1) is 0 Å². The molecule has 0 fully saturated rings. The molecule has 1 heterocycles. The fourth-order valence-corrected chi connectivity index (χ4v) is 2.83. The molecular formula is C14H17BrN2OS. The van der Waals surface area contributed by atoms with Gasteiger partial charge in [-0.3, -0.25) is 0 Å².